The van der Waals surface area contributed by atoms with Gasteiger partial charge in [0.05, 0.1) is 5.56 Å². The average Bonchev–Trinajstić information content (AvgIpc) is 3.10. The fourth-order valence-corrected chi connectivity index (χ4v) is 3.84. The van der Waals surface area contributed by atoms with E-state index in [1.165, 1.54) is 11.0 Å². The van der Waals surface area contributed by atoms with Crippen molar-refractivity contribution in [3.05, 3.63) is 27.6 Å². The topological polar surface area (TPSA) is 135 Å². The van der Waals surface area contributed by atoms with Crippen molar-refractivity contribution in [3.63, 3.8) is 0 Å². The number of hydrogen-bond donors (Lipinski definition) is 3. The fourth-order valence-electron chi connectivity index (χ4n) is 3.84. The zero-order chi connectivity index (χ0) is 27.9. The van der Waals surface area contributed by atoms with E-state index in [0.29, 0.717) is 6.92 Å². The highest BCUT2D eigenvalue weighted by Gasteiger charge is 2.39. The van der Waals surface area contributed by atoms with Gasteiger partial charge in [0.25, 0.3) is 17.4 Å². The summed E-state index contributed by atoms with van der Waals surface area (Å²) in [5, 5.41) is 16.2. The summed E-state index contributed by atoms with van der Waals surface area (Å²) in [4.78, 5) is 39.6. The Hall–Kier alpha value is -3.36. The molecule has 1 saturated heterocycles. The van der Waals surface area contributed by atoms with Crippen LogP contribution in [-0.4, -0.2) is 67.2 Å². The van der Waals surface area contributed by atoms with Crippen molar-refractivity contribution in [1.82, 2.24) is 24.4 Å². The lowest BCUT2D eigenvalue weighted by atomic mass is 10.1. The minimum Gasteiger partial charge on any atom is -0.492 e. The lowest BCUT2D eigenvalue weighted by Gasteiger charge is -2.30. The average molecular weight is 571 g/mol. The van der Waals surface area contributed by atoms with Crippen molar-refractivity contribution >= 4 is 41.8 Å². The maximum atomic E-state index is 13.4. The van der Waals surface area contributed by atoms with Gasteiger partial charge < -0.3 is 21.1 Å². The molecule has 38 heavy (non-hydrogen) atoms. The summed E-state index contributed by atoms with van der Waals surface area (Å²) in [6.45, 7) is 3.77. The van der Waals surface area contributed by atoms with Crippen molar-refractivity contribution < 1.29 is 36.6 Å². The molecule has 0 radical (unpaired) electrons. The standard InChI is InChI=1S/C22H27F5N6O4.ClH/c1-11(2)10-32-18-13(4-5-14(34)31-8-6-21(23,24)7-9-31)16(28)30-33(18)20(37)15(19(32)36)17(35)29-12(3)22(25,26)27;/h4-5,11-12,37H,6-10H2,1-3H3,(H2,28,30)(H,29,35);1H/b5-4+;. The Morgan fingerprint density at radius 2 is 1.79 bits per heavy atom. The van der Waals surface area contributed by atoms with Crippen molar-refractivity contribution in [2.45, 2.75) is 58.3 Å². The summed E-state index contributed by atoms with van der Waals surface area (Å²) in [6.07, 6.45) is -3.50. The molecule has 2 aromatic heterocycles. The van der Waals surface area contributed by atoms with E-state index in [2.05, 4.69) is 5.10 Å². The van der Waals surface area contributed by atoms with Crippen LogP contribution in [0, 0.1) is 5.92 Å². The second-order valence-electron chi connectivity index (χ2n) is 9.29. The molecule has 2 amide bonds. The van der Waals surface area contributed by atoms with Crippen molar-refractivity contribution in [1.29, 1.82) is 0 Å². The molecule has 1 atom stereocenters. The molecule has 16 heteroatoms. The number of carbonyl (C=O) groups excluding carboxylic acids is 2. The minimum absolute atomic E-state index is 0. The molecule has 0 aromatic carbocycles. The number of nitrogens with zero attached hydrogens (tertiary/aromatic N) is 4. The van der Waals surface area contributed by atoms with Crippen LogP contribution in [0.3, 0.4) is 0 Å². The van der Waals surface area contributed by atoms with Crippen LogP contribution in [0.5, 0.6) is 5.88 Å². The zero-order valence-electron chi connectivity index (χ0n) is 20.7. The summed E-state index contributed by atoms with van der Waals surface area (Å²) in [5.41, 5.74) is 3.80. The third-order valence-corrected chi connectivity index (χ3v) is 5.88. The van der Waals surface area contributed by atoms with E-state index in [1.807, 2.05) is 0 Å². The van der Waals surface area contributed by atoms with Crippen LogP contribution >= 0.6 is 12.4 Å². The molecule has 0 saturated carbocycles. The van der Waals surface area contributed by atoms with Gasteiger partial charge >= 0.3 is 6.18 Å². The molecule has 0 aliphatic carbocycles. The smallest absolute Gasteiger partial charge is 0.408 e. The third kappa shape index (κ3) is 6.37. The molecule has 3 rings (SSSR count). The van der Waals surface area contributed by atoms with Crippen LogP contribution in [-0.2, 0) is 11.3 Å². The molecule has 10 nitrogen and oxygen atoms in total. The highest BCUT2D eigenvalue weighted by Crippen LogP contribution is 2.29. The molecule has 1 fully saturated rings. The molecule has 212 valence electrons. The maximum Gasteiger partial charge on any atom is 0.408 e. The van der Waals surface area contributed by atoms with Crippen molar-refractivity contribution in [2.75, 3.05) is 18.8 Å². The van der Waals surface area contributed by atoms with Gasteiger partial charge in [-0.2, -0.15) is 17.7 Å². The normalized spacial score (nSPS) is 16.6. The number of hydrogen-bond acceptors (Lipinski definition) is 6. The van der Waals surface area contributed by atoms with E-state index >= 15 is 0 Å². The summed E-state index contributed by atoms with van der Waals surface area (Å²) in [7, 11) is 0. The van der Waals surface area contributed by atoms with Crippen LogP contribution in [0.15, 0.2) is 10.9 Å². The molecule has 3 heterocycles. The Morgan fingerprint density at radius 3 is 2.32 bits per heavy atom. The van der Waals surface area contributed by atoms with E-state index in [9.17, 15) is 41.4 Å². The first-order valence-corrected chi connectivity index (χ1v) is 11.4. The summed E-state index contributed by atoms with van der Waals surface area (Å²) >= 11 is 0. The summed E-state index contributed by atoms with van der Waals surface area (Å²) in [5.74, 6) is -6.41. The van der Waals surface area contributed by atoms with Crippen LogP contribution in [0.2, 0.25) is 0 Å². The number of halogens is 6. The van der Waals surface area contributed by atoms with E-state index in [0.717, 1.165) is 15.2 Å². The highest BCUT2D eigenvalue weighted by atomic mass is 35.5. The Labute approximate surface area is 219 Å². The first-order valence-electron chi connectivity index (χ1n) is 11.4. The van der Waals surface area contributed by atoms with Gasteiger partial charge in [-0.15, -0.1) is 17.5 Å². The molecular weight excluding hydrogens is 543 g/mol. The van der Waals surface area contributed by atoms with Gasteiger partial charge in [0.2, 0.25) is 11.8 Å². The number of alkyl halides is 5. The molecular formula is C22H28ClF5N6O4. The fraction of sp³-hybridized carbons (Fsp3) is 0.545. The Morgan fingerprint density at radius 1 is 1.21 bits per heavy atom. The van der Waals surface area contributed by atoms with Gasteiger partial charge in [-0.1, -0.05) is 13.8 Å². The lowest BCUT2D eigenvalue weighted by Crippen LogP contribution is -2.45. The zero-order valence-corrected chi connectivity index (χ0v) is 21.5. The molecule has 1 aliphatic rings. The number of rotatable bonds is 6. The van der Waals surface area contributed by atoms with E-state index < -0.39 is 59.8 Å². The Balaban J connectivity index is 0.00000507. The quantitative estimate of drug-likeness (QED) is 0.361. The number of nitrogens with two attached hydrogens (primary N) is 1. The molecule has 0 spiro atoms. The number of nitrogens with one attached hydrogen (secondary N) is 1. The third-order valence-electron chi connectivity index (χ3n) is 5.88. The van der Waals surface area contributed by atoms with Crippen LogP contribution in [0.25, 0.3) is 11.7 Å². The van der Waals surface area contributed by atoms with Crippen LogP contribution < -0.4 is 16.6 Å². The number of piperidine rings is 1. The molecule has 0 bridgehead atoms. The number of anilines is 1. The van der Waals surface area contributed by atoms with Crippen LogP contribution in [0.4, 0.5) is 27.8 Å². The molecule has 1 unspecified atom stereocenters. The number of aromatic nitrogens is 3. The van der Waals surface area contributed by atoms with Crippen molar-refractivity contribution in [2.24, 2.45) is 5.92 Å². The number of aromatic hydroxyl groups is 1. The second kappa shape index (κ2) is 11.2. The number of carbonyl (C=O) groups is 2. The van der Waals surface area contributed by atoms with Gasteiger partial charge in [0.1, 0.15) is 6.04 Å². The first kappa shape index (κ1) is 30.9. The predicted molar refractivity (Wildman–Crippen MR) is 130 cm³/mol. The molecule has 1 aliphatic heterocycles. The number of amides is 2. The highest BCUT2D eigenvalue weighted by molar-refractivity contribution is 5.97. The Bertz CT molecular complexity index is 1290. The summed E-state index contributed by atoms with van der Waals surface area (Å²) < 4.78 is 67.4. The molecule has 4 N–H and O–H groups in total. The maximum absolute atomic E-state index is 13.4. The van der Waals surface area contributed by atoms with E-state index in [-0.39, 0.29) is 55.0 Å². The van der Waals surface area contributed by atoms with Crippen molar-refractivity contribution in [3.8, 4) is 5.88 Å². The summed E-state index contributed by atoms with van der Waals surface area (Å²) in [6, 6.07) is -2.31. The van der Waals surface area contributed by atoms with Gasteiger partial charge in [-0.25, -0.2) is 8.78 Å². The Kier molecular flexibility index (Phi) is 9.07. The van der Waals surface area contributed by atoms with Gasteiger partial charge in [0, 0.05) is 38.6 Å². The second-order valence-corrected chi connectivity index (χ2v) is 9.29. The van der Waals surface area contributed by atoms with Crippen LogP contribution in [0.1, 0.15) is 49.5 Å². The minimum atomic E-state index is -4.79. The predicted octanol–water partition coefficient (Wildman–Crippen LogP) is 2.81. The number of likely N-dealkylation sites (tertiary alicyclic amines) is 1. The van der Waals surface area contributed by atoms with E-state index in [1.54, 1.807) is 19.2 Å². The first-order chi connectivity index (χ1) is 17.0. The number of nitrogen functional groups attached to an aromatic ring is 1. The monoisotopic (exact) mass is 570 g/mol. The van der Waals surface area contributed by atoms with Gasteiger partial charge in [-0.3, -0.25) is 19.0 Å². The SMILES string of the molecule is CC(C)Cn1c(=O)c(C(=O)NC(C)C(F)(F)F)c(O)n2nc(N)c(/C=C/C(=O)N3CCC(F)(F)CC3)c12.Cl. The van der Waals surface area contributed by atoms with Gasteiger partial charge in [0.15, 0.2) is 17.0 Å². The molecule has 2 aromatic rings. The number of fused-ring (bicyclic) bond motifs is 1. The van der Waals surface area contributed by atoms with Gasteiger partial charge in [-0.05, 0) is 18.9 Å². The van der Waals surface area contributed by atoms with E-state index in [4.69, 9.17) is 5.73 Å². The largest absolute Gasteiger partial charge is 0.492 e. The lowest BCUT2D eigenvalue weighted by molar-refractivity contribution is -0.149.